The molecule has 1 N–H and O–H groups in total. The van der Waals surface area contributed by atoms with Crippen LogP contribution in [0.3, 0.4) is 0 Å². The molecule has 4 rings (SSSR count). The Kier molecular flexibility index (Phi) is 9.36. The SMILES string of the molecule is C=C(C=Nc1ccc(Nc2cc(C(CC)CC)cnn2)nc1C)c1cnn(CCOC2CN(C(C)C)C2)c1. The lowest BCUT2D eigenvalue weighted by Crippen LogP contribution is -2.55. The van der Waals surface area contributed by atoms with Crippen molar-refractivity contribution in [1.29, 1.82) is 0 Å². The van der Waals surface area contributed by atoms with Crippen LogP contribution in [-0.2, 0) is 11.3 Å². The van der Waals surface area contributed by atoms with E-state index < -0.39 is 0 Å². The van der Waals surface area contributed by atoms with Gasteiger partial charge in [0.25, 0.3) is 0 Å². The van der Waals surface area contributed by atoms with Crippen LogP contribution in [0.1, 0.15) is 63.3 Å². The van der Waals surface area contributed by atoms with Crippen molar-refractivity contribution < 1.29 is 4.74 Å². The molecule has 1 saturated heterocycles. The molecule has 1 fully saturated rings. The second kappa shape index (κ2) is 12.9. The minimum atomic E-state index is 0.334. The van der Waals surface area contributed by atoms with Crippen LogP contribution in [0, 0.1) is 6.92 Å². The number of pyridine rings is 1. The first-order chi connectivity index (χ1) is 18.4. The molecule has 0 bridgehead atoms. The molecule has 3 aromatic heterocycles. The summed E-state index contributed by atoms with van der Waals surface area (Å²) in [7, 11) is 0. The predicted octanol–water partition coefficient (Wildman–Crippen LogP) is 5.55. The van der Waals surface area contributed by atoms with E-state index in [1.54, 1.807) is 6.21 Å². The second-order valence-corrected chi connectivity index (χ2v) is 10.1. The van der Waals surface area contributed by atoms with Gasteiger partial charge in [0.05, 0.1) is 43.0 Å². The lowest BCUT2D eigenvalue weighted by molar-refractivity contribution is -0.0688. The molecule has 0 aromatic carbocycles. The maximum Gasteiger partial charge on any atom is 0.154 e. The zero-order chi connectivity index (χ0) is 27.1. The van der Waals surface area contributed by atoms with Gasteiger partial charge < -0.3 is 10.1 Å². The highest BCUT2D eigenvalue weighted by Crippen LogP contribution is 2.25. The molecule has 0 saturated carbocycles. The fourth-order valence-electron chi connectivity index (χ4n) is 4.50. The van der Waals surface area contributed by atoms with Crippen LogP contribution >= 0.6 is 0 Å². The molecule has 1 aliphatic heterocycles. The van der Waals surface area contributed by atoms with Crippen LogP contribution in [-0.4, -0.2) is 67.9 Å². The summed E-state index contributed by atoms with van der Waals surface area (Å²) < 4.78 is 7.84. The van der Waals surface area contributed by atoms with Gasteiger partial charge in [-0.25, -0.2) is 4.98 Å². The van der Waals surface area contributed by atoms with Crippen LogP contribution < -0.4 is 5.32 Å². The van der Waals surface area contributed by atoms with Gasteiger partial charge in [-0.05, 0) is 68.9 Å². The molecular formula is C29H40N8O. The summed E-state index contributed by atoms with van der Waals surface area (Å²) in [5.41, 5.74) is 4.51. The number of anilines is 2. The zero-order valence-electron chi connectivity index (χ0n) is 23.3. The second-order valence-electron chi connectivity index (χ2n) is 10.1. The molecule has 0 radical (unpaired) electrons. The third-order valence-electron chi connectivity index (χ3n) is 7.09. The van der Waals surface area contributed by atoms with E-state index in [4.69, 9.17) is 4.74 Å². The largest absolute Gasteiger partial charge is 0.374 e. The maximum absolute atomic E-state index is 5.95. The molecule has 9 heteroatoms. The number of aromatic nitrogens is 5. The van der Waals surface area contributed by atoms with Crippen molar-refractivity contribution in [1.82, 2.24) is 29.9 Å². The van der Waals surface area contributed by atoms with E-state index in [9.17, 15) is 0 Å². The minimum Gasteiger partial charge on any atom is -0.374 e. The van der Waals surface area contributed by atoms with Gasteiger partial charge in [0.2, 0.25) is 0 Å². The molecule has 38 heavy (non-hydrogen) atoms. The van der Waals surface area contributed by atoms with E-state index in [0.717, 1.165) is 48.4 Å². The summed E-state index contributed by atoms with van der Waals surface area (Å²) >= 11 is 0. The monoisotopic (exact) mass is 516 g/mol. The van der Waals surface area contributed by atoms with Crippen LogP contribution in [0.25, 0.3) is 5.57 Å². The quantitative estimate of drug-likeness (QED) is 0.298. The Morgan fingerprint density at radius 3 is 2.71 bits per heavy atom. The first kappa shape index (κ1) is 27.6. The van der Waals surface area contributed by atoms with Gasteiger partial charge in [-0.1, -0.05) is 20.4 Å². The first-order valence-corrected chi connectivity index (χ1v) is 13.5. The van der Waals surface area contributed by atoms with Gasteiger partial charge >= 0.3 is 0 Å². The van der Waals surface area contributed by atoms with Crippen molar-refractivity contribution in [3.63, 3.8) is 0 Å². The standard InChI is InChI=1S/C29H40N8O/c1-7-23(8-2)24-13-29(35-31-15-24)34-28-10-9-27(22(6)33-28)30-14-21(5)25-16-32-37(17-25)11-12-38-26-18-36(19-26)20(3)4/h9-10,13-17,20,23,26H,5,7-8,11-12,18-19H2,1-4,6H3,(H,33,34,35). The summed E-state index contributed by atoms with van der Waals surface area (Å²) in [6.07, 6.45) is 9.88. The maximum atomic E-state index is 5.95. The molecule has 3 aromatic rings. The van der Waals surface area contributed by atoms with Crippen molar-refractivity contribution in [2.24, 2.45) is 4.99 Å². The number of aryl methyl sites for hydroxylation is 1. The highest BCUT2D eigenvalue weighted by molar-refractivity contribution is 6.09. The van der Waals surface area contributed by atoms with Crippen LogP contribution in [0.5, 0.6) is 0 Å². The van der Waals surface area contributed by atoms with Crippen molar-refractivity contribution >= 4 is 29.1 Å². The van der Waals surface area contributed by atoms with Gasteiger partial charge in [-0.15, -0.1) is 5.10 Å². The van der Waals surface area contributed by atoms with Crippen LogP contribution in [0.4, 0.5) is 17.3 Å². The van der Waals surface area contributed by atoms with E-state index >= 15 is 0 Å². The molecule has 0 aliphatic carbocycles. The number of ether oxygens (including phenoxy) is 1. The Balaban J connectivity index is 1.29. The molecule has 1 aliphatic rings. The zero-order valence-corrected chi connectivity index (χ0v) is 23.3. The molecular weight excluding hydrogens is 476 g/mol. The number of nitrogens with zero attached hydrogens (tertiary/aromatic N) is 7. The van der Waals surface area contributed by atoms with E-state index in [0.29, 0.717) is 42.9 Å². The number of hydrogen-bond acceptors (Lipinski definition) is 8. The van der Waals surface area contributed by atoms with E-state index in [1.165, 1.54) is 5.56 Å². The number of likely N-dealkylation sites (tertiary alicyclic amines) is 1. The Hall–Kier alpha value is -3.43. The molecule has 0 amide bonds. The molecule has 0 spiro atoms. The fraction of sp³-hybridized carbons (Fsp3) is 0.483. The van der Waals surface area contributed by atoms with Crippen molar-refractivity contribution in [2.75, 3.05) is 25.0 Å². The highest BCUT2D eigenvalue weighted by Gasteiger charge is 2.28. The van der Waals surface area contributed by atoms with E-state index in [-0.39, 0.29) is 0 Å². The van der Waals surface area contributed by atoms with E-state index in [2.05, 4.69) is 75.8 Å². The van der Waals surface area contributed by atoms with Gasteiger partial charge in [0, 0.05) is 37.1 Å². The minimum absolute atomic E-state index is 0.334. The van der Waals surface area contributed by atoms with E-state index in [1.807, 2.05) is 42.3 Å². The van der Waals surface area contributed by atoms with Gasteiger partial charge in [-0.2, -0.15) is 10.2 Å². The number of aliphatic imine (C=N–C) groups is 1. The Bertz CT molecular complexity index is 1240. The smallest absolute Gasteiger partial charge is 0.154 e. The summed E-state index contributed by atoms with van der Waals surface area (Å²) in [6.45, 7) is 18.3. The summed E-state index contributed by atoms with van der Waals surface area (Å²) in [5, 5.41) is 16.1. The average molecular weight is 517 g/mol. The highest BCUT2D eigenvalue weighted by atomic mass is 16.5. The number of allylic oxidation sites excluding steroid dienone is 1. The molecule has 0 unspecified atom stereocenters. The molecule has 0 atom stereocenters. The van der Waals surface area contributed by atoms with Crippen molar-refractivity contribution in [3.05, 3.63) is 60.2 Å². The fourth-order valence-corrected chi connectivity index (χ4v) is 4.50. The summed E-state index contributed by atoms with van der Waals surface area (Å²) in [6, 6.07) is 6.47. The normalized spacial score (nSPS) is 14.5. The van der Waals surface area contributed by atoms with Crippen LogP contribution in [0.15, 0.2) is 48.4 Å². The van der Waals surface area contributed by atoms with Crippen molar-refractivity contribution in [2.45, 2.75) is 72.1 Å². The Labute approximate surface area is 226 Å². The number of hydrogen-bond donors (Lipinski definition) is 1. The van der Waals surface area contributed by atoms with Crippen LogP contribution in [0.2, 0.25) is 0 Å². The Morgan fingerprint density at radius 1 is 1.21 bits per heavy atom. The average Bonchev–Trinajstić information content (AvgIpc) is 3.34. The van der Waals surface area contributed by atoms with Gasteiger partial charge in [0.15, 0.2) is 5.82 Å². The summed E-state index contributed by atoms with van der Waals surface area (Å²) in [5.74, 6) is 1.88. The number of rotatable bonds is 13. The van der Waals surface area contributed by atoms with Crippen molar-refractivity contribution in [3.8, 4) is 0 Å². The summed E-state index contributed by atoms with van der Waals surface area (Å²) in [4.78, 5) is 11.7. The molecule has 4 heterocycles. The van der Waals surface area contributed by atoms with Gasteiger partial charge in [0.1, 0.15) is 5.82 Å². The first-order valence-electron chi connectivity index (χ1n) is 13.5. The third kappa shape index (κ3) is 7.11. The molecule has 202 valence electrons. The predicted molar refractivity (Wildman–Crippen MR) is 153 cm³/mol. The lowest BCUT2D eigenvalue weighted by atomic mass is 9.96. The van der Waals surface area contributed by atoms with Gasteiger partial charge in [-0.3, -0.25) is 14.6 Å². The topological polar surface area (TPSA) is 93.3 Å². The number of nitrogens with one attached hydrogen (secondary N) is 1. The molecule has 9 nitrogen and oxygen atoms in total. The third-order valence-corrected chi connectivity index (χ3v) is 7.09. The Morgan fingerprint density at radius 2 is 2.00 bits per heavy atom. The lowest BCUT2D eigenvalue weighted by Gasteiger charge is -2.41.